The van der Waals surface area contributed by atoms with Gasteiger partial charge < -0.3 is 19.7 Å². The molecule has 4 heterocycles. The predicted octanol–water partition coefficient (Wildman–Crippen LogP) is 5.69. The Morgan fingerprint density at radius 3 is 2.59 bits per heavy atom. The number of hydrogen-bond donors (Lipinski definition) is 1. The number of ether oxygens (including phenoxy) is 2. The van der Waals surface area contributed by atoms with E-state index in [2.05, 4.69) is 15.2 Å². The van der Waals surface area contributed by atoms with Crippen molar-refractivity contribution in [3.05, 3.63) is 82.2 Å². The van der Waals surface area contributed by atoms with Gasteiger partial charge in [-0.2, -0.15) is 0 Å². The molecule has 2 aromatic heterocycles. The molecule has 0 bridgehead atoms. The molecule has 188 valence electrons. The van der Waals surface area contributed by atoms with Crippen molar-refractivity contribution in [3.8, 4) is 16.9 Å². The number of fused-ring (bicyclic) bond motifs is 2. The Bertz CT molecular complexity index is 1470. The quantitative estimate of drug-likeness (QED) is 0.362. The monoisotopic (exact) mass is 534 g/mol. The second kappa shape index (κ2) is 10.2. The number of amides is 1. The SMILES string of the molecule is O=C(N[C@H]1CCOc2ccccc21)c1cnc2c(-c3cc(Cl)cc(Cl)c3)cncc2c1N1CCOCC1. The zero-order chi connectivity index (χ0) is 25.4. The van der Waals surface area contributed by atoms with Gasteiger partial charge in [-0.1, -0.05) is 41.4 Å². The lowest BCUT2D eigenvalue weighted by molar-refractivity contribution is 0.0923. The maximum atomic E-state index is 13.8. The molecular formula is C28H24Cl2N4O3. The lowest BCUT2D eigenvalue weighted by Gasteiger charge is -2.32. The number of morpholine rings is 1. The molecule has 2 aromatic carbocycles. The molecule has 2 aliphatic rings. The number of rotatable bonds is 4. The van der Waals surface area contributed by atoms with Crippen molar-refractivity contribution < 1.29 is 14.3 Å². The van der Waals surface area contributed by atoms with Gasteiger partial charge in [-0.05, 0) is 29.8 Å². The molecular weight excluding hydrogens is 511 g/mol. The highest BCUT2D eigenvalue weighted by Gasteiger charge is 2.27. The summed E-state index contributed by atoms with van der Waals surface area (Å²) in [7, 11) is 0. The molecule has 1 amide bonds. The van der Waals surface area contributed by atoms with Gasteiger partial charge in [0.1, 0.15) is 5.75 Å². The van der Waals surface area contributed by atoms with Gasteiger partial charge >= 0.3 is 0 Å². The highest BCUT2D eigenvalue weighted by molar-refractivity contribution is 6.35. The van der Waals surface area contributed by atoms with Crippen LogP contribution in [0.15, 0.2) is 61.1 Å². The van der Waals surface area contributed by atoms with Crippen molar-refractivity contribution >= 4 is 45.7 Å². The highest BCUT2D eigenvalue weighted by Crippen LogP contribution is 2.37. The standard InChI is InChI=1S/C28H24Cl2N4O3/c29-18-11-17(12-19(30)13-18)21-14-31-15-22-26(21)32-16-23(27(22)34-6-9-36-10-7-34)28(35)33-24-5-8-37-25-4-2-1-3-20(24)25/h1-4,11-16,24H,5-10H2,(H,33,35)/t24-/m0/s1. The third kappa shape index (κ3) is 4.70. The molecule has 0 radical (unpaired) electrons. The van der Waals surface area contributed by atoms with E-state index in [1.165, 1.54) is 0 Å². The fourth-order valence-electron chi connectivity index (χ4n) is 5.04. The average molecular weight is 535 g/mol. The lowest BCUT2D eigenvalue weighted by atomic mass is 9.99. The summed E-state index contributed by atoms with van der Waals surface area (Å²) in [5.74, 6) is 0.618. The van der Waals surface area contributed by atoms with Crippen LogP contribution in [0.3, 0.4) is 0 Å². The summed E-state index contributed by atoms with van der Waals surface area (Å²) in [5, 5.41) is 5.07. The van der Waals surface area contributed by atoms with E-state index in [-0.39, 0.29) is 11.9 Å². The number of carbonyl (C=O) groups excluding carboxylic acids is 1. The number of aromatic nitrogens is 2. The summed E-state index contributed by atoms with van der Waals surface area (Å²) in [4.78, 5) is 25.2. The fourth-order valence-corrected chi connectivity index (χ4v) is 5.57. The normalized spacial score (nSPS) is 17.2. The van der Waals surface area contributed by atoms with Gasteiger partial charge in [0.25, 0.3) is 5.91 Å². The number of para-hydroxylation sites is 1. The zero-order valence-electron chi connectivity index (χ0n) is 19.9. The largest absolute Gasteiger partial charge is 0.493 e. The Labute approximate surface area is 224 Å². The van der Waals surface area contributed by atoms with Crippen LogP contribution in [0.4, 0.5) is 5.69 Å². The molecule has 0 saturated carbocycles. The molecule has 7 nitrogen and oxygen atoms in total. The van der Waals surface area contributed by atoms with Crippen LogP contribution in [-0.2, 0) is 4.74 Å². The third-order valence-electron chi connectivity index (χ3n) is 6.76. The van der Waals surface area contributed by atoms with Gasteiger partial charge in [-0.15, -0.1) is 0 Å². The number of pyridine rings is 2. The van der Waals surface area contributed by atoms with Crippen molar-refractivity contribution in [1.82, 2.24) is 15.3 Å². The van der Waals surface area contributed by atoms with Gasteiger partial charge in [-0.25, -0.2) is 0 Å². The molecule has 1 atom stereocenters. The van der Waals surface area contributed by atoms with E-state index in [0.717, 1.165) is 39.0 Å². The number of halogens is 2. The van der Waals surface area contributed by atoms with Crippen LogP contribution in [0.25, 0.3) is 22.0 Å². The smallest absolute Gasteiger partial charge is 0.255 e. The van der Waals surface area contributed by atoms with Gasteiger partial charge in [0.15, 0.2) is 0 Å². The number of nitrogens with zero attached hydrogens (tertiary/aromatic N) is 3. The third-order valence-corrected chi connectivity index (χ3v) is 7.20. The van der Waals surface area contributed by atoms with Crippen molar-refractivity contribution in [2.24, 2.45) is 0 Å². The molecule has 1 saturated heterocycles. The predicted molar refractivity (Wildman–Crippen MR) is 145 cm³/mol. The summed E-state index contributed by atoms with van der Waals surface area (Å²) in [6.07, 6.45) is 5.86. The molecule has 37 heavy (non-hydrogen) atoms. The van der Waals surface area contributed by atoms with Crippen LogP contribution in [-0.4, -0.2) is 48.8 Å². The minimum absolute atomic E-state index is 0.149. The van der Waals surface area contributed by atoms with E-state index < -0.39 is 0 Å². The molecule has 2 aliphatic heterocycles. The van der Waals surface area contributed by atoms with Gasteiger partial charge in [0.05, 0.1) is 42.6 Å². The van der Waals surface area contributed by atoms with Crippen molar-refractivity contribution in [2.75, 3.05) is 37.8 Å². The first-order valence-electron chi connectivity index (χ1n) is 12.2. The molecule has 9 heteroatoms. The zero-order valence-corrected chi connectivity index (χ0v) is 21.4. The first-order chi connectivity index (χ1) is 18.1. The maximum Gasteiger partial charge on any atom is 0.255 e. The molecule has 0 unspecified atom stereocenters. The molecule has 4 aromatic rings. The topological polar surface area (TPSA) is 76.6 Å². The average Bonchev–Trinajstić information content (AvgIpc) is 2.92. The Morgan fingerprint density at radius 2 is 1.78 bits per heavy atom. The Hall–Kier alpha value is -3.39. The molecule has 0 aliphatic carbocycles. The van der Waals surface area contributed by atoms with Gasteiger partial charge in [0.2, 0.25) is 0 Å². The second-order valence-electron chi connectivity index (χ2n) is 9.06. The van der Waals surface area contributed by atoms with Crippen molar-refractivity contribution in [2.45, 2.75) is 12.5 Å². The summed E-state index contributed by atoms with van der Waals surface area (Å²) >= 11 is 12.6. The van der Waals surface area contributed by atoms with Crippen LogP contribution >= 0.6 is 23.2 Å². The minimum Gasteiger partial charge on any atom is -0.493 e. The van der Waals surface area contributed by atoms with Gasteiger partial charge in [0, 0.05) is 64.7 Å². The van der Waals surface area contributed by atoms with Crippen LogP contribution in [0.5, 0.6) is 5.75 Å². The number of hydrogen-bond acceptors (Lipinski definition) is 6. The van der Waals surface area contributed by atoms with E-state index in [9.17, 15) is 4.79 Å². The van der Waals surface area contributed by atoms with E-state index in [1.54, 1.807) is 24.7 Å². The number of nitrogens with one attached hydrogen (secondary N) is 1. The lowest BCUT2D eigenvalue weighted by Crippen LogP contribution is -2.39. The first-order valence-corrected chi connectivity index (χ1v) is 12.9. The molecule has 1 fully saturated rings. The Morgan fingerprint density at radius 1 is 1.00 bits per heavy atom. The number of anilines is 1. The summed E-state index contributed by atoms with van der Waals surface area (Å²) in [5.41, 5.74) is 4.61. The van der Waals surface area contributed by atoms with Crippen LogP contribution < -0.4 is 15.0 Å². The fraction of sp³-hybridized carbons (Fsp3) is 0.250. The van der Waals surface area contributed by atoms with Crippen molar-refractivity contribution in [3.63, 3.8) is 0 Å². The first kappa shape index (κ1) is 24.0. The summed E-state index contributed by atoms with van der Waals surface area (Å²) in [6, 6.07) is 13.0. The van der Waals surface area contributed by atoms with Crippen LogP contribution in [0.2, 0.25) is 10.0 Å². The highest BCUT2D eigenvalue weighted by atomic mass is 35.5. The molecule has 6 rings (SSSR count). The van der Waals surface area contributed by atoms with Crippen molar-refractivity contribution in [1.29, 1.82) is 0 Å². The number of benzene rings is 2. The van der Waals surface area contributed by atoms with E-state index >= 15 is 0 Å². The molecule has 1 N–H and O–H groups in total. The summed E-state index contributed by atoms with van der Waals surface area (Å²) in [6.45, 7) is 3.02. The van der Waals surface area contributed by atoms with Gasteiger partial charge in [-0.3, -0.25) is 14.8 Å². The summed E-state index contributed by atoms with van der Waals surface area (Å²) < 4.78 is 11.4. The number of carbonyl (C=O) groups is 1. The van der Waals surface area contributed by atoms with Crippen LogP contribution in [0, 0.1) is 0 Å². The minimum atomic E-state index is -0.186. The second-order valence-corrected chi connectivity index (χ2v) is 9.94. The van der Waals surface area contributed by atoms with E-state index in [0.29, 0.717) is 54.9 Å². The Balaban J connectivity index is 1.45. The molecule has 0 spiro atoms. The Kier molecular flexibility index (Phi) is 6.59. The van der Waals surface area contributed by atoms with Crippen LogP contribution in [0.1, 0.15) is 28.4 Å². The van der Waals surface area contributed by atoms with E-state index in [1.807, 2.05) is 36.4 Å². The van der Waals surface area contributed by atoms with E-state index in [4.69, 9.17) is 37.7 Å². The maximum absolute atomic E-state index is 13.8.